The minimum absolute atomic E-state index is 0.502. The van der Waals surface area contributed by atoms with E-state index in [1.165, 1.54) is 17.3 Å². The zero-order valence-electron chi connectivity index (χ0n) is 8.16. The Balaban J connectivity index is 2.14. The summed E-state index contributed by atoms with van der Waals surface area (Å²) < 4.78 is 1.44. The Bertz CT molecular complexity index is 256. The van der Waals surface area contributed by atoms with Crippen LogP contribution in [0.2, 0.25) is 0 Å². The molecule has 0 spiro atoms. The summed E-state index contributed by atoms with van der Waals surface area (Å²) >= 11 is 6.09. The fourth-order valence-electron chi connectivity index (χ4n) is 1.05. The number of halogens is 1. The molecule has 2 heteroatoms. The average molecular weight is 274 g/mol. The summed E-state index contributed by atoms with van der Waals surface area (Å²) in [5.41, 5.74) is 0. The predicted molar refractivity (Wildman–Crippen MR) is 65.5 cm³/mol. The van der Waals surface area contributed by atoms with E-state index in [4.69, 9.17) is 11.6 Å². The van der Waals surface area contributed by atoms with Gasteiger partial charge in [-0.15, -0.1) is 0 Å². The number of benzene rings is 1. The predicted octanol–water partition coefficient (Wildman–Crippen LogP) is 2.94. The molecule has 0 heterocycles. The van der Waals surface area contributed by atoms with Crippen LogP contribution in [0.4, 0.5) is 0 Å². The van der Waals surface area contributed by atoms with Gasteiger partial charge in [0.15, 0.2) is 0 Å². The summed E-state index contributed by atoms with van der Waals surface area (Å²) in [6.07, 6.45) is 5.79. The van der Waals surface area contributed by atoms with Gasteiger partial charge in [0, 0.05) is 0 Å². The van der Waals surface area contributed by atoms with E-state index in [1.807, 2.05) is 0 Å². The first-order chi connectivity index (χ1) is 6.93. The third-order valence-electron chi connectivity index (χ3n) is 1.80. The molecule has 0 N–H and O–H groups in total. The van der Waals surface area contributed by atoms with Crippen molar-refractivity contribution in [2.75, 3.05) is 5.88 Å². The molecule has 76 valence electrons. The number of unbranched alkanes of at least 4 members (excludes halogenated alkanes) is 2. The van der Waals surface area contributed by atoms with Crippen LogP contribution >= 0.6 is 11.6 Å². The van der Waals surface area contributed by atoms with E-state index in [9.17, 15) is 0 Å². The topological polar surface area (TPSA) is 0 Å². The number of hydrogen-bond donors (Lipinski definition) is 0. The van der Waals surface area contributed by atoms with E-state index in [-0.39, 0.29) is 0 Å². The summed E-state index contributed by atoms with van der Waals surface area (Å²) in [7, 11) is 0. The fourth-order valence-corrected chi connectivity index (χ4v) is 2.72. The number of alkyl halides is 1. The summed E-state index contributed by atoms with van der Waals surface area (Å²) in [6, 6.07) is 10.6. The van der Waals surface area contributed by atoms with Crippen molar-refractivity contribution in [2.45, 2.75) is 19.3 Å². The molecule has 0 bridgehead atoms. The zero-order valence-corrected chi connectivity index (χ0v) is 10.6. The van der Waals surface area contributed by atoms with E-state index in [0.717, 1.165) is 12.3 Å². The molecule has 0 atom stereocenters. The van der Waals surface area contributed by atoms with Crippen molar-refractivity contribution >= 4 is 31.0 Å². The third-order valence-corrected chi connectivity index (χ3v) is 3.90. The van der Waals surface area contributed by atoms with Crippen LogP contribution in [0.3, 0.4) is 0 Å². The summed E-state index contributed by atoms with van der Waals surface area (Å²) in [5, 5.41) is 0. The van der Waals surface area contributed by atoms with E-state index in [1.54, 1.807) is 0 Å². The molecule has 0 fully saturated rings. The minimum atomic E-state index is 0.502. The van der Waals surface area contributed by atoms with E-state index in [2.05, 4.69) is 41.4 Å². The van der Waals surface area contributed by atoms with E-state index in [0.29, 0.717) is 15.0 Å². The molecule has 0 aliphatic rings. The van der Waals surface area contributed by atoms with Crippen LogP contribution in [0.1, 0.15) is 19.3 Å². The van der Waals surface area contributed by atoms with Crippen molar-refractivity contribution < 1.29 is 0 Å². The second kappa shape index (κ2) is 8.11. The molecule has 0 aliphatic heterocycles. The second-order valence-corrected chi connectivity index (χ2v) is 5.42. The van der Waals surface area contributed by atoms with Gasteiger partial charge in [0.2, 0.25) is 0 Å². The molecule has 0 radical (unpaired) electrons. The van der Waals surface area contributed by atoms with Crippen LogP contribution < -0.4 is 4.46 Å². The van der Waals surface area contributed by atoms with Gasteiger partial charge in [0.25, 0.3) is 0 Å². The molecule has 0 aromatic heterocycles. The first-order valence-corrected chi connectivity index (χ1v) is 7.24. The fraction of sp³-hybridized carbons (Fsp3) is 0.333. The Kier molecular flexibility index (Phi) is 6.86. The molecule has 1 rings (SSSR count). The monoisotopic (exact) mass is 274 g/mol. The van der Waals surface area contributed by atoms with Gasteiger partial charge in [-0.3, -0.25) is 0 Å². The van der Waals surface area contributed by atoms with E-state index >= 15 is 0 Å². The van der Waals surface area contributed by atoms with Gasteiger partial charge in [-0.1, -0.05) is 0 Å². The molecule has 1 aromatic rings. The Hall–Kier alpha value is -0.231. The maximum absolute atomic E-state index is 5.59. The molecular formula is C12H15ClSe. The average Bonchev–Trinajstić information content (AvgIpc) is 2.25. The molecule has 0 aliphatic carbocycles. The van der Waals surface area contributed by atoms with Crippen molar-refractivity contribution in [3.8, 4) is 0 Å². The van der Waals surface area contributed by atoms with Crippen LogP contribution in [-0.2, 0) is 0 Å². The summed E-state index contributed by atoms with van der Waals surface area (Å²) in [6.45, 7) is 0. The number of hydrogen-bond acceptors (Lipinski definition) is 0. The maximum atomic E-state index is 5.59. The summed E-state index contributed by atoms with van der Waals surface area (Å²) in [4.78, 5) is 2.30. The molecule has 0 saturated heterocycles. The van der Waals surface area contributed by atoms with Crippen molar-refractivity contribution in [2.24, 2.45) is 0 Å². The van der Waals surface area contributed by atoms with Crippen LogP contribution in [0.5, 0.6) is 0 Å². The van der Waals surface area contributed by atoms with Gasteiger partial charge in [0.05, 0.1) is 0 Å². The molecule has 0 nitrogen and oxygen atoms in total. The Morgan fingerprint density at radius 2 is 1.93 bits per heavy atom. The quantitative estimate of drug-likeness (QED) is 0.425. The van der Waals surface area contributed by atoms with Gasteiger partial charge < -0.3 is 0 Å². The zero-order chi connectivity index (χ0) is 10.1. The second-order valence-electron chi connectivity index (χ2n) is 2.99. The SMILES string of the molecule is ClCCCCC=C[Se]c1ccccc1. The van der Waals surface area contributed by atoms with Gasteiger partial charge in [-0.05, 0) is 0 Å². The van der Waals surface area contributed by atoms with Gasteiger partial charge in [0.1, 0.15) is 0 Å². The van der Waals surface area contributed by atoms with Gasteiger partial charge in [-0.2, -0.15) is 0 Å². The van der Waals surface area contributed by atoms with Crippen LogP contribution in [0, 0.1) is 0 Å². The number of rotatable bonds is 6. The molecule has 14 heavy (non-hydrogen) atoms. The Morgan fingerprint density at radius 1 is 1.14 bits per heavy atom. The standard InChI is InChI=1S/C12H15ClSe/c13-10-6-1-2-7-11-14-12-8-4-3-5-9-12/h3-5,7-9,11H,1-2,6,10H2. The Labute approximate surface area is 97.5 Å². The first kappa shape index (κ1) is 11.8. The van der Waals surface area contributed by atoms with E-state index < -0.39 is 0 Å². The molecule has 0 saturated carbocycles. The van der Waals surface area contributed by atoms with Crippen molar-refractivity contribution in [3.05, 3.63) is 41.4 Å². The van der Waals surface area contributed by atoms with Gasteiger partial charge >= 0.3 is 97.5 Å². The summed E-state index contributed by atoms with van der Waals surface area (Å²) in [5.74, 6) is 0.789. The van der Waals surface area contributed by atoms with Crippen molar-refractivity contribution in [3.63, 3.8) is 0 Å². The number of allylic oxidation sites excluding steroid dienone is 1. The third kappa shape index (κ3) is 5.49. The van der Waals surface area contributed by atoms with Crippen LogP contribution in [0.15, 0.2) is 41.4 Å². The molecular weight excluding hydrogens is 259 g/mol. The molecule has 0 amide bonds. The van der Waals surface area contributed by atoms with Crippen molar-refractivity contribution in [1.29, 1.82) is 0 Å². The first-order valence-electron chi connectivity index (χ1n) is 4.86. The molecule has 1 aromatic carbocycles. The normalized spacial score (nSPS) is 10.9. The van der Waals surface area contributed by atoms with Crippen LogP contribution in [-0.4, -0.2) is 20.8 Å². The Morgan fingerprint density at radius 3 is 2.64 bits per heavy atom. The molecule has 0 unspecified atom stereocenters. The van der Waals surface area contributed by atoms with Crippen molar-refractivity contribution in [1.82, 2.24) is 0 Å². The van der Waals surface area contributed by atoms with Crippen LogP contribution in [0.25, 0.3) is 0 Å². The van der Waals surface area contributed by atoms with Gasteiger partial charge in [-0.25, -0.2) is 0 Å².